The maximum atomic E-state index is 12.1. The molecule has 1 aliphatic rings. The minimum absolute atomic E-state index is 0.00509. The van der Waals surface area contributed by atoms with Crippen LogP contribution in [0.5, 0.6) is 0 Å². The van der Waals surface area contributed by atoms with Crippen LogP contribution >= 0.6 is 0 Å². The first-order chi connectivity index (χ1) is 9.53. The van der Waals surface area contributed by atoms with E-state index in [0.29, 0.717) is 5.56 Å². The molecule has 1 aromatic carbocycles. The quantitative estimate of drug-likeness (QED) is 0.328. The van der Waals surface area contributed by atoms with Crippen LogP contribution in [0, 0.1) is 0 Å². The molecule has 0 aliphatic heterocycles. The highest BCUT2D eigenvalue weighted by atomic mass is 32.2. The van der Waals surface area contributed by atoms with Gasteiger partial charge in [-0.25, -0.2) is 13.1 Å². The number of nitrogens with two attached hydrogens (primary N) is 1. The molecule has 0 unspecified atom stereocenters. The van der Waals surface area contributed by atoms with E-state index in [-0.39, 0.29) is 17.6 Å². The van der Waals surface area contributed by atoms with Crippen LogP contribution in [0.2, 0.25) is 0 Å². The van der Waals surface area contributed by atoms with E-state index in [1.54, 1.807) is 24.3 Å². The number of oxime groups is 1. The van der Waals surface area contributed by atoms with Crippen molar-refractivity contribution in [2.75, 3.05) is 0 Å². The molecule has 1 fully saturated rings. The van der Waals surface area contributed by atoms with Crippen molar-refractivity contribution in [2.24, 2.45) is 10.9 Å². The molecule has 2 rings (SSSR count). The summed E-state index contributed by atoms with van der Waals surface area (Å²) < 4.78 is 26.8. The fourth-order valence-corrected chi connectivity index (χ4v) is 3.96. The summed E-state index contributed by atoms with van der Waals surface area (Å²) in [7, 11) is -3.26. The van der Waals surface area contributed by atoms with Crippen molar-refractivity contribution in [3.63, 3.8) is 0 Å². The van der Waals surface area contributed by atoms with Gasteiger partial charge in [0.1, 0.15) is 0 Å². The lowest BCUT2D eigenvalue weighted by Crippen LogP contribution is -2.32. The first-order valence-electron chi connectivity index (χ1n) is 6.58. The summed E-state index contributed by atoms with van der Waals surface area (Å²) in [5.74, 6) is 0.00509. The summed E-state index contributed by atoms with van der Waals surface area (Å²) in [6, 6.07) is 6.94. The van der Waals surface area contributed by atoms with Crippen LogP contribution in [0.25, 0.3) is 0 Å². The van der Waals surface area contributed by atoms with Gasteiger partial charge in [-0.3, -0.25) is 0 Å². The Hall–Kier alpha value is -1.60. The second-order valence-corrected chi connectivity index (χ2v) is 7.00. The number of rotatable bonds is 5. The highest BCUT2D eigenvalue weighted by Gasteiger charge is 2.28. The number of amidine groups is 1. The molecule has 1 saturated carbocycles. The number of hydrogen-bond acceptors (Lipinski definition) is 4. The first-order valence-corrected chi connectivity index (χ1v) is 8.13. The molecule has 7 heteroatoms. The highest BCUT2D eigenvalue weighted by molar-refractivity contribution is 7.90. The van der Waals surface area contributed by atoms with Crippen LogP contribution in [0.4, 0.5) is 0 Å². The van der Waals surface area contributed by atoms with E-state index in [0.717, 1.165) is 31.2 Å². The average molecular weight is 297 g/mol. The number of nitrogens with one attached hydrogen (secondary N) is 1. The van der Waals surface area contributed by atoms with Crippen LogP contribution in [0.15, 0.2) is 29.4 Å². The lowest BCUT2D eigenvalue weighted by atomic mass is 10.1. The van der Waals surface area contributed by atoms with E-state index in [2.05, 4.69) is 9.88 Å². The van der Waals surface area contributed by atoms with Gasteiger partial charge in [0.25, 0.3) is 0 Å². The molecule has 1 aliphatic carbocycles. The Bertz CT molecular complexity index is 593. The minimum Gasteiger partial charge on any atom is -0.409 e. The summed E-state index contributed by atoms with van der Waals surface area (Å²) in [6.45, 7) is 0.214. The molecule has 0 heterocycles. The zero-order valence-electron chi connectivity index (χ0n) is 11.1. The Labute approximate surface area is 118 Å². The summed E-state index contributed by atoms with van der Waals surface area (Å²) in [5, 5.41) is 11.3. The third-order valence-electron chi connectivity index (χ3n) is 3.55. The van der Waals surface area contributed by atoms with Gasteiger partial charge in [-0.1, -0.05) is 36.2 Å². The van der Waals surface area contributed by atoms with Crippen molar-refractivity contribution in [3.05, 3.63) is 35.4 Å². The lowest BCUT2D eigenvalue weighted by molar-refractivity contribution is 0.318. The molecule has 0 aromatic heterocycles. The van der Waals surface area contributed by atoms with Crippen molar-refractivity contribution < 1.29 is 13.6 Å². The van der Waals surface area contributed by atoms with Gasteiger partial charge in [-0.2, -0.15) is 0 Å². The zero-order valence-corrected chi connectivity index (χ0v) is 11.9. The molecule has 0 bridgehead atoms. The van der Waals surface area contributed by atoms with Crippen LogP contribution in [0.3, 0.4) is 0 Å². The summed E-state index contributed by atoms with van der Waals surface area (Å²) in [6.07, 6.45) is 3.42. The molecule has 0 atom stereocenters. The second kappa shape index (κ2) is 6.23. The van der Waals surface area contributed by atoms with Gasteiger partial charge in [0.2, 0.25) is 10.0 Å². The minimum atomic E-state index is -3.26. The Kier molecular flexibility index (Phi) is 4.61. The van der Waals surface area contributed by atoms with Crippen LogP contribution in [-0.2, 0) is 16.6 Å². The smallest absolute Gasteiger partial charge is 0.214 e. The predicted molar refractivity (Wildman–Crippen MR) is 77.0 cm³/mol. The van der Waals surface area contributed by atoms with Crippen molar-refractivity contribution in [1.82, 2.24) is 4.72 Å². The van der Waals surface area contributed by atoms with Gasteiger partial charge in [0.15, 0.2) is 5.84 Å². The van der Waals surface area contributed by atoms with Gasteiger partial charge in [-0.15, -0.1) is 0 Å². The fourth-order valence-electron chi connectivity index (χ4n) is 2.40. The molecule has 1 aromatic rings. The number of benzene rings is 1. The fraction of sp³-hybridized carbons (Fsp3) is 0.462. The third-order valence-corrected chi connectivity index (χ3v) is 5.44. The Morgan fingerprint density at radius 1 is 1.40 bits per heavy atom. The van der Waals surface area contributed by atoms with E-state index >= 15 is 0 Å². The summed E-state index contributed by atoms with van der Waals surface area (Å²) >= 11 is 0. The SMILES string of the molecule is N/C(=N/O)c1cccc(CNS(=O)(=O)C2CCCC2)c1. The Morgan fingerprint density at radius 3 is 2.75 bits per heavy atom. The first kappa shape index (κ1) is 14.8. The molecule has 0 saturated heterocycles. The van der Waals surface area contributed by atoms with Gasteiger partial charge >= 0.3 is 0 Å². The molecule has 20 heavy (non-hydrogen) atoms. The van der Waals surface area contributed by atoms with Crippen molar-refractivity contribution >= 4 is 15.9 Å². The summed E-state index contributed by atoms with van der Waals surface area (Å²) in [4.78, 5) is 0. The van der Waals surface area contributed by atoms with Crippen LogP contribution in [0.1, 0.15) is 36.8 Å². The third kappa shape index (κ3) is 3.49. The van der Waals surface area contributed by atoms with E-state index in [9.17, 15) is 8.42 Å². The van der Waals surface area contributed by atoms with Crippen molar-refractivity contribution in [1.29, 1.82) is 0 Å². The molecule has 6 nitrogen and oxygen atoms in total. The Balaban J connectivity index is 2.04. The van der Waals surface area contributed by atoms with Gasteiger partial charge in [0.05, 0.1) is 5.25 Å². The van der Waals surface area contributed by atoms with E-state index in [1.807, 2.05) is 0 Å². The van der Waals surface area contributed by atoms with Crippen molar-refractivity contribution in [2.45, 2.75) is 37.5 Å². The predicted octanol–water partition coefficient (Wildman–Crippen LogP) is 1.14. The number of hydrogen-bond donors (Lipinski definition) is 3. The average Bonchev–Trinajstić information content (AvgIpc) is 3.00. The zero-order chi connectivity index (χ0) is 14.6. The van der Waals surface area contributed by atoms with E-state index in [1.165, 1.54) is 0 Å². The standard InChI is InChI=1S/C13H19N3O3S/c14-13(16-17)11-5-3-4-10(8-11)9-15-20(18,19)12-6-1-2-7-12/h3-5,8,12,15,17H,1-2,6-7,9H2,(H2,14,16). The van der Waals surface area contributed by atoms with Crippen molar-refractivity contribution in [3.8, 4) is 0 Å². The second-order valence-electron chi connectivity index (χ2n) is 4.96. The largest absolute Gasteiger partial charge is 0.409 e. The monoisotopic (exact) mass is 297 g/mol. The normalized spacial score (nSPS) is 17.5. The maximum Gasteiger partial charge on any atom is 0.214 e. The number of nitrogens with zero attached hydrogens (tertiary/aromatic N) is 1. The number of sulfonamides is 1. The van der Waals surface area contributed by atoms with E-state index in [4.69, 9.17) is 10.9 Å². The molecule has 0 amide bonds. The van der Waals surface area contributed by atoms with Gasteiger partial charge < -0.3 is 10.9 Å². The molecule has 0 spiro atoms. The highest BCUT2D eigenvalue weighted by Crippen LogP contribution is 2.24. The maximum absolute atomic E-state index is 12.1. The molecular weight excluding hydrogens is 278 g/mol. The molecular formula is C13H19N3O3S. The topological polar surface area (TPSA) is 105 Å². The van der Waals surface area contributed by atoms with Gasteiger partial charge in [0, 0.05) is 12.1 Å². The van der Waals surface area contributed by atoms with Crippen LogP contribution < -0.4 is 10.5 Å². The van der Waals surface area contributed by atoms with Crippen LogP contribution in [-0.4, -0.2) is 24.7 Å². The molecule has 4 N–H and O–H groups in total. The molecule has 110 valence electrons. The Morgan fingerprint density at radius 2 is 2.10 bits per heavy atom. The molecule has 0 radical (unpaired) electrons. The van der Waals surface area contributed by atoms with E-state index < -0.39 is 10.0 Å². The van der Waals surface area contributed by atoms with Gasteiger partial charge in [-0.05, 0) is 24.5 Å². The lowest BCUT2D eigenvalue weighted by Gasteiger charge is -2.12. The summed E-state index contributed by atoms with van der Waals surface area (Å²) in [5.41, 5.74) is 6.84.